The van der Waals surface area contributed by atoms with Crippen LogP contribution in [0.3, 0.4) is 0 Å². The third kappa shape index (κ3) is 16.9. The van der Waals surface area contributed by atoms with Crippen molar-refractivity contribution in [2.24, 2.45) is 11.3 Å². The summed E-state index contributed by atoms with van der Waals surface area (Å²) in [6.45, 7) is 15.2. The summed E-state index contributed by atoms with van der Waals surface area (Å²) < 4.78 is 6.05. The fraction of sp³-hybridized carbons (Fsp3) is 0.719. The molecule has 0 heterocycles. The molecule has 0 saturated heterocycles. The first-order valence-electron chi connectivity index (χ1n) is 14.9. The van der Waals surface area contributed by atoms with Crippen molar-refractivity contribution in [1.82, 2.24) is 16.0 Å². The topological polar surface area (TPSA) is 96.5 Å². The Morgan fingerprint density at radius 2 is 1.62 bits per heavy atom. The molecule has 2 unspecified atom stereocenters. The van der Waals surface area contributed by atoms with Gasteiger partial charge in [-0.25, -0.2) is 0 Å². The predicted octanol–water partition coefficient (Wildman–Crippen LogP) is 5.47. The van der Waals surface area contributed by atoms with E-state index >= 15 is 0 Å². The average Bonchev–Trinajstić information content (AvgIpc) is 2.88. The van der Waals surface area contributed by atoms with E-state index in [0.717, 1.165) is 44.1 Å². The van der Waals surface area contributed by atoms with Gasteiger partial charge in [-0.15, -0.1) is 0 Å². The van der Waals surface area contributed by atoms with Crippen LogP contribution in [0.2, 0.25) is 0 Å². The summed E-state index contributed by atoms with van der Waals surface area (Å²) in [6.07, 6.45) is 6.91. The number of hydrogen-bond donors (Lipinski definition) is 4. The lowest BCUT2D eigenvalue weighted by atomic mass is 9.82. The van der Waals surface area contributed by atoms with Crippen LogP contribution in [-0.4, -0.2) is 54.3 Å². The van der Waals surface area contributed by atoms with Gasteiger partial charge in [0.15, 0.2) is 0 Å². The molecule has 1 aromatic rings. The van der Waals surface area contributed by atoms with Crippen LogP contribution in [0, 0.1) is 11.3 Å². The molecule has 0 fully saturated rings. The Bertz CT molecular complexity index is 889. The van der Waals surface area contributed by atoms with Crippen molar-refractivity contribution in [3.8, 4) is 0 Å². The molecule has 0 aliphatic heterocycles. The lowest BCUT2D eigenvalue weighted by Crippen LogP contribution is -2.53. The van der Waals surface area contributed by atoms with Crippen LogP contribution in [0.15, 0.2) is 30.3 Å². The van der Waals surface area contributed by atoms with E-state index in [4.69, 9.17) is 4.74 Å². The molecule has 40 heavy (non-hydrogen) atoms. The normalized spacial score (nSPS) is 13.5. The van der Waals surface area contributed by atoms with E-state index in [1.165, 1.54) is 0 Å². The highest BCUT2D eigenvalue weighted by Gasteiger charge is 2.26. The summed E-state index contributed by atoms with van der Waals surface area (Å²) in [5, 5.41) is 8.81. The second-order valence-electron chi connectivity index (χ2n) is 12.8. The van der Waals surface area contributed by atoms with Gasteiger partial charge in [0, 0.05) is 31.2 Å². The molecular weight excluding hydrogens is 522 g/mol. The Morgan fingerprint density at radius 3 is 2.25 bits per heavy atom. The van der Waals surface area contributed by atoms with E-state index in [-0.39, 0.29) is 23.8 Å². The van der Waals surface area contributed by atoms with Crippen molar-refractivity contribution < 1.29 is 19.1 Å². The largest absolute Gasteiger partial charge is 0.374 e. The van der Waals surface area contributed by atoms with Crippen molar-refractivity contribution in [2.75, 3.05) is 19.7 Å². The fourth-order valence-electron chi connectivity index (χ4n) is 4.28. The number of ether oxygens (including phenoxy) is 1. The Morgan fingerprint density at radius 1 is 0.950 bits per heavy atom. The first-order valence-corrected chi connectivity index (χ1v) is 15.4. The van der Waals surface area contributed by atoms with Crippen LogP contribution >= 0.6 is 12.6 Å². The second kappa shape index (κ2) is 18.4. The molecule has 0 radical (unpaired) electrons. The van der Waals surface area contributed by atoms with Gasteiger partial charge >= 0.3 is 0 Å². The first kappa shape index (κ1) is 36.0. The predicted molar refractivity (Wildman–Crippen MR) is 168 cm³/mol. The first-order chi connectivity index (χ1) is 18.7. The molecule has 0 aromatic heterocycles. The molecule has 0 spiro atoms. The van der Waals surface area contributed by atoms with Crippen LogP contribution in [-0.2, 0) is 25.5 Å². The molecule has 1 aromatic carbocycles. The van der Waals surface area contributed by atoms with E-state index in [1.807, 2.05) is 44.2 Å². The molecule has 2 atom stereocenters. The highest BCUT2D eigenvalue weighted by atomic mass is 32.1. The number of unbranched alkanes of at least 4 members (excludes halogenated alkanes) is 1. The summed E-state index contributed by atoms with van der Waals surface area (Å²) in [6, 6.07) is 8.78. The number of benzene rings is 1. The summed E-state index contributed by atoms with van der Waals surface area (Å²) >= 11 is 4.63. The van der Waals surface area contributed by atoms with Crippen LogP contribution in [0.4, 0.5) is 0 Å². The monoisotopic (exact) mass is 577 g/mol. The fourth-order valence-corrected chi connectivity index (χ4v) is 4.57. The molecule has 7 nitrogen and oxygen atoms in total. The van der Waals surface area contributed by atoms with E-state index in [0.29, 0.717) is 37.2 Å². The SMILES string of the molecule is CCCCC(S)CCOC(C)(C)CNC(=O)C(Cc1ccccc1)NC(=O)CNC(=O)CC(C)(C)CCC(C)C. The summed E-state index contributed by atoms with van der Waals surface area (Å²) in [5.74, 6) is -0.268. The molecule has 0 aliphatic carbocycles. The maximum Gasteiger partial charge on any atom is 0.243 e. The van der Waals surface area contributed by atoms with E-state index in [2.05, 4.69) is 63.2 Å². The number of nitrogens with one attached hydrogen (secondary N) is 3. The van der Waals surface area contributed by atoms with Gasteiger partial charge in [-0.3, -0.25) is 14.4 Å². The second-order valence-corrected chi connectivity index (χ2v) is 13.5. The Labute approximate surface area is 248 Å². The average molecular weight is 578 g/mol. The minimum Gasteiger partial charge on any atom is -0.374 e. The number of rotatable bonds is 20. The van der Waals surface area contributed by atoms with Gasteiger partial charge in [0.2, 0.25) is 17.7 Å². The molecule has 1 rings (SSSR count). The summed E-state index contributed by atoms with van der Waals surface area (Å²) in [7, 11) is 0. The van der Waals surface area contributed by atoms with Crippen LogP contribution in [0.5, 0.6) is 0 Å². The van der Waals surface area contributed by atoms with Gasteiger partial charge in [0.1, 0.15) is 6.04 Å². The van der Waals surface area contributed by atoms with Gasteiger partial charge in [-0.2, -0.15) is 12.6 Å². The minimum absolute atomic E-state index is 0.140. The van der Waals surface area contributed by atoms with E-state index in [9.17, 15) is 14.4 Å². The zero-order chi connectivity index (χ0) is 30.2. The molecule has 228 valence electrons. The van der Waals surface area contributed by atoms with Gasteiger partial charge < -0.3 is 20.7 Å². The number of carbonyl (C=O) groups is 3. The zero-order valence-electron chi connectivity index (χ0n) is 26.0. The maximum atomic E-state index is 13.2. The molecular formula is C32H55N3O4S. The number of amides is 3. The van der Waals surface area contributed by atoms with Crippen LogP contribution < -0.4 is 16.0 Å². The third-order valence-electron chi connectivity index (χ3n) is 6.94. The summed E-state index contributed by atoms with van der Waals surface area (Å²) in [4.78, 5) is 38.5. The molecule has 0 aliphatic rings. The van der Waals surface area contributed by atoms with Crippen molar-refractivity contribution in [2.45, 2.75) is 117 Å². The van der Waals surface area contributed by atoms with Gasteiger partial charge in [-0.1, -0.05) is 84.2 Å². The van der Waals surface area contributed by atoms with Gasteiger partial charge in [0.05, 0.1) is 12.1 Å². The van der Waals surface area contributed by atoms with E-state index in [1.54, 1.807) is 0 Å². The Balaban J connectivity index is 2.66. The molecule has 0 saturated carbocycles. The van der Waals surface area contributed by atoms with Crippen LogP contribution in [0.25, 0.3) is 0 Å². The van der Waals surface area contributed by atoms with Crippen molar-refractivity contribution >= 4 is 30.4 Å². The van der Waals surface area contributed by atoms with Crippen molar-refractivity contribution in [3.63, 3.8) is 0 Å². The molecule has 0 bridgehead atoms. The highest BCUT2D eigenvalue weighted by Crippen LogP contribution is 2.28. The smallest absolute Gasteiger partial charge is 0.243 e. The lowest BCUT2D eigenvalue weighted by molar-refractivity contribution is -0.130. The van der Waals surface area contributed by atoms with Crippen molar-refractivity contribution in [1.29, 1.82) is 0 Å². The van der Waals surface area contributed by atoms with Gasteiger partial charge in [-0.05, 0) is 50.0 Å². The minimum atomic E-state index is -0.777. The Kier molecular flexibility index (Phi) is 16.5. The van der Waals surface area contributed by atoms with Gasteiger partial charge in [0.25, 0.3) is 0 Å². The number of hydrogen-bond acceptors (Lipinski definition) is 5. The van der Waals surface area contributed by atoms with Crippen LogP contribution in [0.1, 0.15) is 99.0 Å². The number of thiol groups is 1. The third-order valence-corrected chi connectivity index (χ3v) is 7.46. The van der Waals surface area contributed by atoms with Crippen molar-refractivity contribution in [3.05, 3.63) is 35.9 Å². The standard InChI is InChI=1S/C32H55N3O4S/c1-8-9-15-26(40)17-19-39-32(6,7)23-34-30(38)27(20-25-13-11-10-12-14-25)35-29(37)22-33-28(36)21-31(4,5)18-16-24(2)3/h10-14,24,26-27,40H,8-9,15-23H2,1-7H3,(H,33,36)(H,34,38)(H,35,37). The van der Waals surface area contributed by atoms with E-state index < -0.39 is 17.6 Å². The lowest BCUT2D eigenvalue weighted by Gasteiger charge is -2.28. The molecule has 8 heteroatoms. The zero-order valence-corrected chi connectivity index (χ0v) is 26.9. The number of carbonyl (C=O) groups excluding carboxylic acids is 3. The molecule has 3 N–H and O–H groups in total. The molecule has 3 amide bonds. The maximum absolute atomic E-state index is 13.2. The highest BCUT2D eigenvalue weighted by molar-refractivity contribution is 7.80. The Hall–Kier alpha value is -2.06. The summed E-state index contributed by atoms with van der Waals surface area (Å²) in [5.41, 5.74) is 0.228. The quantitative estimate of drug-likeness (QED) is 0.155.